The molecule has 2 aliphatic rings. The van der Waals surface area contributed by atoms with Gasteiger partial charge in [0.15, 0.2) is 5.84 Å². The molecule has 2 atom stereocenters. The first kappa shape index (κ1) is 19.1. The number of aromatic nitrogens is 1. The van der Waals surface area contributed by atoms with Gasteiger partial charge in [-0.15, -0.1) is 4.81 Å². The van der Waals surface area contributed by atoms with Crippen LogP contribution in [-0.4, -0.2) is 52.5 Å². The highest BCUT2D eigenvalue weighted by molar-refractivity contribution is 6.17. The molecule has 1 aromatic heterocycles. The number of hydrogen-bond donors (Lipinski definition) is 1. The standard InChI is InChI=1S/C18H23N5O4/c1-5-12-8-13(16(24)27-23(26)7-6-19-10-23)14(20-9-12)15-21-17(25)18(4,22-15)11(2)3/h8-11H,5-7H2,1-4H3,(H,21,22,25). The number of quaternary nitrogens is 1. The first-order valence-corrected chi connectivity index (χ1v) is 8.93. The maximum atomic E-state index is 12.7. The van der Waals surface area contributed by atoms with E-state index >= 15 is 0 Å². The molecule has 1 aromatic rings. The summed E-state index contributed by atoms with van der Waals surface area (Å²) in [5.74, 6) is -0.923. The van der Waals surface area contributed by atoms with Crippen molar-refractivity contribution in [1.82, 2.24) is 10.3 Å². The fraction of sp³-hybridized carbons (Fsp3) is 0.500. The van der Waals surface area contributed by atoms with Crippen molar-refractivity contribution in [2.75, 3.05) is 13.1 Å². The summed E-state index contributed by atoms with van der Waals surface area (Å²) < 4.78 is 0. The number of amides is 1. The third-order valence-corrected chi connectivity index (χ3v) is 4.99. The molecule has 0 aliphatic carbocycles. The third kappa shape index (κ3) is 3.47. The number of hydrogen-bond acceptors (Lipinski definition) is 7. The number of nitrogens with one attached hydrogen (secondary N) is 1. The van der Waals surface area contributed by atoms with Crippen LogP contribution in [0.5, 0.6) is 0 Å². The number of carbonyl (C=O) groups is 2. The van der Waals surface area contributed by atoms with Crippen molar-refractivity contribution < 1.29 is 19.2 Å². The van der Waals surface area contributed by atoms with Crippen LogP contribution >= 0.6 is 0 Å². The molecule has 9 heteroatoms. The summed E-state index contributed by atoms with van der Waals surface area (Å²) in [6, 6.07) is 1.61. The summed E-state index contributed by atoms with van der Waals surface area (Å²) in [4.78, 5) is 41.6. The Bertz CT molecular complexity index is 850. The van der Waals surface area contributed by atoms with Gasteiger partial charge in [0, 0.05) is 6.20 Å². The quantitative estimate of drug-likeness (QED) is 0.618. The Balaban J connectivity index is 2.00. The summed E-state index contributed by atoms with van der Waals surface area (Å²) >= 11 is 0. The van der Waals surface area contributed by atoms with Crippen LogP contribution in [0.3, 0.4) is 0 Å². The molecule has 0 bridgehead atoms. The number of aliphatic imine (C=N–C) groups is 2. The Morgan fingerprint density at radius 1 is 1.48 bits per heavy atom. The van der Waals surface area contributed by atoms with Gasteiger partial charge in [0.2, 0.25) is 6.34 Å². The van der Waals surface area contributed by atoms with E-state index in [9.17, 15) is 14.8 Å². The average molecular weight is 373 g/mol. The molecule has 1 amide bonds. The zero-order valence-corrected chi connectivity index (χ0v) is 15.9. The van der Waals surface area contributed by atoms with Gasteiger partial charge in [-0.3, -0.25) is 14.6 Å². The van der Waals surface area contributed by atoms with E-state index in [-0.39, 0.29) is 35.5 Å². The molecule has 2 unspecified atom stereocenters. The maximum Gasteiger partial charge on any atom is 0.400 e. The number of rotatable bonds is 5. The minimum absolute atomic E-state index is 0.0328. The SMILES string of the molecule is CCc1cnc(C2=NC(C)(C(C)C)C(=O)N2)c(C(=O)O[N+]2([O-])C=NCC2)c1. The lowest BCUT2D eigenvalue weighted by molar-refractivity contribution is -0.965. The van der Waals surface area contributed by atoms with E-state index in [0.29, 0.717) is 13.0 Å². The van der Waals surface area contributed by atoms with Crippen LogP contribution < -0.4 is 5.32 Å². The van der Waals surface area contributed by atoms with Crippen LogP contribution in [0.2, 0.25) is 0 Å². The summed E-state index contributed by atoms with van der Waals surface area (Å²) in [5, 5.41) is 15.1. The van der Waals surface area contributed by atoms with Crippen LogP contribution in [0, 0.1) is 11.1 Å². The molecule has 0 aromatic carbocycles. The van der Waals surface area contributed by atoms with E-state index in [1.807, 2.05) is 20.8 Å². The molecular formula is C18H23N5O4. The highest BCUT2D eigenvalue weighted by Crippen LogP contribution is 2.27. The van der Waals surface area contributed by atoms with Crippen molar-refractivity contribution in [2.24, 2.45) is 15.9 Å². The normalized spacial score (nSPS) is 27.0. The van der Waals surface area contributed by atoms with Gasteiger partial charge in [-0.2, -0.15) is 0 Å². The zero-order chi connectivity index (χ0) is 19.8. The molecule has 27 heavy (non-hydrogen) atoms. The average Bonchev–Trinajstić information content (AvgIpc) is 3.18. The highest BCUT2D eigenvalue weighted by atomic mass is 16.9. The van der Waals surface area contributed by atoms with Crippen LogP contribution in [0.4, 0.5) is 0 Å². The lowest BCUT2D eigenvalue weighted by Crippen LogP contribution is -2.42. The number of aryl methyl sites for hydroxylation is 1. The predicted octanol–water partition coefficient (Wildman–Crippen LogP) is 1.36. The second-order valence-electron chi connectivity index (χ2n) is 7.16. The van der Waals surface area contributed by atoms with Gasteiger partial charge in [0.25, 0.3) is 5.91 Å². The molecule has 3 heterocycles. The topological polar surface area (TPSA) is 116 Å². The van der Waals surface area contributed by atoms with Crippen molar-refractivity contribution >= 4 is 24.1 Å². The van der Waals surface area contributed by atoms with Crippen LogP contribution in [0.15, 0.2) is 22.2 Å². The molecule has 0 spiro atoms. The number of amidine groups is 1. The third-order valence-electron chi connectivity index (χ3n) is 4.99. The van der Waals surface area contributed by atoms with Crippen molar-refractivity contribution in [2.45, 2.75) is 39.7 Å². The van der Waals surface area contributed by atoms with Gasteiger partial charge < -0.3 is 10.5 Å². The minimum Gasteiger partial charge on any atom is -0.583 e. The molecule has 3 rings (SSSR count). The van der Waals surface area contributed by atoms with E-state index in [1.165, 1.54) is 0 Å². The number of pyridine rings is 1. The zero-order valence-electron chi connectivity index (χ0n) is 15.9. The minimum atomic E-state index is -1.27. The van der Waals surface area contributed by atoms with Crippen LogP contribution in [0.25, 0.3) is 0 Å². The first-order chi connectivity index (χ1) is 12.7. The molecule has 2 aliphatic heterocycles. The van der Waals surface area contributed by atoms with Gasteiger partial charge in [-0.25, -0.2) is 14.8 Å². The fourth-order valence-electron chi connectivity index (χ4n) is 2.79. The Kier molecular flexibility index (Phi) is 4.83. The van der Waals surface area contributed by atoms with Crippen LogP contribution in [-0.2, 0) is 16.1 Å². The largest absolute Gasteiger partial charge is 0.583 e. The summed E-state index contributed by atoms with van der Waals surface area (Å²) in [5.41, 5.74) is 0.137. The molecule has 0 saturated heterocycles. The van der Waals surface area contributed by atoms with E-state index in [0.717, 1.165) is 11.9 Å². The highest BCUT2D eigenvalue weighted by Gasteiger charge is 2.43. The van der Waals surface area contributed by atoms with Gasteiger partial charge in [-0.05, 0) is 30.9 Å². The summed E-state index contributed by atoms with van der Waals surface area (Å²) in [6.07, 6.45) is 3.32. The summed E-state index contributed by atoms with van der Waals surface area (Å²) in [7, 11) is 0. The van der Waals surface area contributed by atoms with E-state index < -0.39 is 16.3 Å². The van der Waals surface area contributed by atoms with E-state index in [4.69, 9.17) is 4.84 Å². The Morgan fingerprint density at radius 2 is 2.22 bits per heavy atom. The van der Waals surface area contributed by atoms with Gasteiger partial charge in [0.1, 0.15) is 17.8 Å². The molecular weight excluding hydrogens is 350 g/mol. The molecule has 0 radical (unpaired) electrons. The summed E-state index contributed by atoms with van der Waals surface area (Å²) in [6.45, 7) is 7.78. The van der Waals surface area contributed by atoms with Gasteiger partial charge in [0.05, 0.1) is 12.1 Å². The Labute approximate surface area is 157 Å². The number of nitrogens with zero attached hydrogens (tertiary/aromatic N) is 4. The number of hydroxylamine groups is 4. The molecule has 0 fully saturated rings. The Hall–Kier alpha value is -2.65. The van der Waals surface area contributed by atoms with Crippen molar-refractivity contribution in [3.05, 3.63) is 34.3 Å². The lowest BCUT2D eigenvalue weighted by Gasteiger charge is -2.29. The molecule has 1 N–H and O–H groups in total. The van der Waals surface area contributed by atoms with Gasteiger partial charge >= 0.3 is 5.97 Å². The van der Waals surface area contributed by atoms with Gasteiger partial charge in [-0.1, -0.05) is 20.8 Å². The van der Waals surface area contributed by atoms with Crippen LogP contribution in [0.1, 0.15) is 49.3 Å². The van der Waals surface area contributed by atoms with E-state index in [2.05, 4.69) is 20.3 Å². The Morgan fingerprint density at radius 3 is 2.78 bits per heavy atom. The predicted molar refractivity (Wildman–Crippen MR) is 98.8 cm³/mol. The first-order valence-electron chi connectivity index (χ1n) is 8.93. The maximum absolute atomic E-state index is 12.7. The smallest absolute Gasteiger partial charge is 0.400 e. The van der Waals surface area contributed by atoms with Crippen molar-refractivity contribution in [3.63, 3.8) is 0 Å². The fourth-order valence-corrected chi connectivity index (χ4v) is 2.79. The number of carbonyl (C=O) groups excluding carboxylic acids is 2. The van der Waals surface area contributed by atoms with Crippen molar-refractivity contribution in [3.8, 4) is 0 Å². The molecule has 9 nitrogen and oxygen atoms in total. The molecule has 0 saturated carbocycles. The second kappa shape index (κ2) is 6.82. The second-order valence-corrected chi connectivity index (χ2v) is 7.16. The molecule has 144 valence electrons. The van der Waals surface area contributed by atoms with Crippen molar-refractivity contribution in [1.29, 1.82) is 0 Å². The lowest BCUT2D eigenvalue weighted by atomic mass is 9.89. The monoisotopic (exact) mass is 373 g/mol. The van der Waals surface area contributed by atoms with E-state index in [1.54, 1.807) is 19.2 Å².